The maximum absolute atomic E-state index is 11.9. The van der Waals surface area contributed by atoms with Gasteiger partial charge < -0.3 is 4.55 Å². The van der Waals surface area contributed by atoms with E-state index < -0.39 is 11.2 Å². The molecule has 0 aromatic heterocycles. The number of benzene rings is 2. The van der Waals surface area contributed by atoms with Crippen LogP contribution in [0.1, 0.15) is 22.3 Å². The van der Waals surface area contributed by atoms with Crippen molar-refractivity contribution in [3.63, 3.8) is 0 Å². The Hall–Kier alpha value is -1.77. The number of hydrogen-bond acceptors (Lipinski definition) is 1. The highest BCUT2D eigenvalue weighted by Crippen LogP contribution is 2.07. The van der Waals surface area contributed by atoms with Gasteiger partial charge in [0.2, 0.25) is 0 Å². The van der Waals surface area contributed by atoms with Crippen LogP contribution in [0.4, 0.5) is 0 Å². The van der Waals surface area contributed by atoms with Gasteiger partial charge in [-0.1, -0.05) is 71.8 Å². The molecule has 22 heavy (non-hydrogen) atoms. The third-order valence-corrected chi connectivity index (χ3v) is 4.47. The van der Waals surface area contributed by atoms with Crippen LogP contribution < -0.4 is 0 Å². The summed E-state index contributed by atoms with van der Waals surface area (Å²) in [4.78, 5) is 0. The SMILES string of the molecule is Cc1ccc(C=CC[S+]([O-])CC=Cc2ccc(C)cc2)cc1. The lowest BCUT2D eigenvalue weighted by molar-refractivity contribution is 0.601. The summed E-state index contributed by atoms with van der Waals surface area (Å²) in [6, 6.07) is 16.6. The zero-order valence-electron chi connectivity index (χ0n) is 13.2. The number of rotatable bonds is 6. The maximum atomic E-state index is 11.9. The zero-order valence-corrected chi connectivity index (χ0v) is 14.0. The Kier molecular flexibility index (Phi) is 6.50. The van der Waals surface area contributed by atoms with E-state index in [1.54, 1.807) is 0 Å². The van der Waals surface area contributed by atoms with Crippen LogP contribution in [0.15, 0.2) is 60.7 Å². The van der Waals surface area contributed by atoms with Crippen molar-refractivity contribution in [3.05, 3.63) is 82.9 Å². The van der Waals surface area contributed by atoms with Gasteiger partial charge in [-0.25, -0.2) is 0 Å². The van der Waals surface area contributed by atoms with Crippen molar-refractivity contribution in [2.45, 2.75) is 13.8 Å². The molecular formula is C20H22OS. The van der Waals surface area contributed by atoms with E-state index in [0.717, 1.165) is 11.1 Å². The lowest BCUT2D eigenvalue weighted by Crippen LogP contribution is -2.07. The molecule has 1 nitrogen and oxygen atoms in total. The molecule has 2 rings (SSSR count). The van der Waals surface area contributed by atoms with Gasteiger partial charge >= 0.3 is 0 Å². The molecule has 2 aromatic rings. The predicted molar refractivity (Wildman–Crippen MR) is 98.3 cm³/mol. The van der Waals surface area contributed by atoms with Gasteiger partial charge in [0, 0.05) is 0 Å². The van der Waals surface area contributed by atoms with Crippen LogP contribution in [0.25, 0.3) is 12.2 Å². The molecule has 0 aliphatic rings. The molecule has 0 heterocycles. The van der Waals surface area contributed by atoms with Gasteiger partial charge in [-0.15, -0.1) is 0 Å². The van der Waals surface area contributed by atoms with E-state index in [9.17, 15) is 4.55 Å². The minimum Gasteiger partial charge on any atom is -0.616 e. The molecule has 0 atom stereocenters. The van der Waals surface area contributed by atoms with Gasteiger partial charge in [-0.05, 0) is 48.3 Å². The number of hydrogen-bond donors (Lipinski definition) is 0. The lowest BCUT2D eigenvalue weighted by Gasteiger charge is -2.05. The molecular weight excluding hydrogens is 288 g/mol. The molecule has 0 saturated carbocycles. The van der Waals surface area contributed by atoms with Crippen LogP contribution in [0, 0.1) is 13.8 Å². The molecule has 0 N–H and O–H groups in total. The molecule has 0 amide bonds. The lowest BCUT2D eigenvalue weighted by atomic mass is 10.1. The highest BCUT2D eigenvalue weighted by Gasteiger charge is 1.99. The summed E-state index contributed by atoms with van der Waals surface area (Å²) in [6.07, 6.45) is 8.03. The average molecular weight is 310 g/mol. The monoisotopic (exact) mass is 310 g/mol. The topological polar surface area (TPSA) is 23.1 Å². The third-order valence-electron chi connectivity index (χ3n) is 3.34. The molecule has 0 aliphatic carbocycles. The summed E-state index contributed by atoms with van der Waals surface area (Å²) in [5.74, 6) is 1.18. The van der Waals surface area contributed by atoms with Crippen LogP contribution in [-0.2, 0) is 11.2 Å². The van der Waals surface area contributed by atoms with Crippen LogP contribution >= 0.6 is 0 Å². The third kappa shape index (κ3) is 5.92. The molecule has 114 valence electrons. The van der Waals surface area contributed by atoms with E-state index in [1.807, 2.05) is 24.3 Å². The first kappa shape index (κ1) is 16.6. The van der Waals surface area contributed by atoms with Gasteiger partial charge in [0.25, 0.3) is 0 Å². The molecule has 0 bridgehead atoms. The van der Waals surface area contributed by atoms with E-state index in [1.165, 1.54) is 11.1 Å². The predicted octanol–water partition coefficient (Wildman–Crippen LogP) is 4.78. The summed E-state index contributed by atoms with van der Waals surface area (Å²) in [5, 5.41) is 0. The Labute approximate surface area is 136 Å². The molecule has 0 radical (unpaired) electrons. The van der Waals surface area contributed by atoms with Crippen molar-refractivity contribution in [3.8, 4) is 0 Å². The molecule has 0 fully saturated rings. The van der Waals surface area contributed by atoms with Gasteiger partial charge in [0.1, 0.15) is 11.5 Å². The van der Waals surface area contributed by atoms with Crippen LogP contribution in [0.2, 0.25) is 0 Å². The second-order valence-electron chi connectivity index (χ2n) is 5.40. The van der Waals surface area contributed by atoms with E-state index in [0.29, 0.717) is 11.5 Å². The zero-order chi connectivity index (χ0) is 15.8. The Morgan fingerprint density at radius 3 is 1.45 bits per heavy atom. The molecule has 0 aliphatic heterocycles. The van der Waals surface area contributed by atoms with E-state index in [-0.39, 0.29) is 0 Å². The fourth-order valence-electron chi connectivity index (χ4n) is 2.01. The molecule has 2 aromatic carbocycles. The van der Waals surface area contributed by atoms with Crippen molar-refractivity contribution < 1.29 is 4.55 Å². The van der Waals surface area contributed by atoms with Gasteiger partial charge in [-0.2, -0.15) is 0 Å². The largest absolute Gasteiger partial charge is 0.616 e. The Morgan fingerprint density at radius 2 is 1.09 bits per heavy atom. The van der Waals surface area contributed by atoms with E-state index in [4.69, 9.17) is 0 Å². The number of aryl methyl sites for hydroxylation is 2. The van der Waals surface area contributed by atoms with Gasteiger partial charge in [0.05, 0.1) is 0 Å². The fourth-order valence-corrected chi connectivity index (χ4v) is 2.76. The Balaban J connectivity index is 1.76. The molecule has 0 spiro atoms. The van der Waals surface area contributed by atoms with Crippen LogP contribution in [-0.4, -0.2) is 16.1 Å². The van der Waals surface area contributed by atoms with Crippen molar-refractivity contribution in [2.24, 2.45) is 0 Å². The van der Waals surface area contributed by atoms with Gasteiger partial charge in [-0.3, -0.25) is 0 Å². The summed E-state index contributed by atoms with van der Waals surface area (Å²) in [7, 11) is 0. The first-order chi connectivity index (χ1) is 10.6. The van der Waals surface area contributed by atoms with Crippen LogP contribution in [0.5, 0.6) is 0 Å². The Morgan fingerprint density at radius 1 is 0.727 bits per heavy atom. The fraction of sp³-hybridized carbons (Fsp3) is 0.200. The molecule has 0 unspecified atom stereocenters. The summed E-state index contributed by atoms with van der Waals surface area (Å²) >= 11 is -0.850. The van der Waals surface area contributed by atoms with E-state index in [2.05, 4.69) is 62.4 Å². The van der Waals surface area contributed by atoms with Crippen molar-refractivity contribution >= 4 is 23.3 Å². The van der Waals surface area contributed by atoms with Crippen molar-refractivity contribution in [1.82, 2.24) is 0 Å². The molecule has 2 heteroatoms. The average Bonchev–Trinajstić information content (AvgIpc) is 2.51. The minimum atomic E-state index is -0.850. The highest BCUT2D eigenvalue weighted by molar-refractivity contribution is 7.91. The standard InChI is InChI=1S/C20H22OS/c1-17-7-11-19(12-8-17)5-3-15-22(21)16-4-6-20-13-9-18(2)10-14-20/h3-14H,15-16H2,1-2H3. The summed E-state index contributed by atoms with van der Waals surface area (Å²) < 4.78 is 11.9. The maximum Gasteiger partial charge on any atom is 0.124 e. The van der Waals surface area contributed by atoms with E-state index >= 15 is 0 Å². The first-order valence-corrected chi connectivity index (χ1v) is 8.94. The quantitative estimate of drug-likeness (QED) is 0.704. The second kappa shape index (κ2) is 8.62. The second-order valence-corrected chi connectivity index (χ2v) is 6.95. The summed E-state index contributed by atoms with van der Waals surface area (Å²) in [6.45, 7) is 4.14. The van der Waals surface area contributed by atoms with Gasteiger partial charge in [0.15, 0.2) is 0 Å². The summed E-state index contributed by atoms with van der Waals surface area (Å²) in [5.41, 5.74) is 4.81. The Bertz CT molecular complexity index is 566. The van der Waals surface area contributed by atoms with Crippen LogP contribution in [0.3, 0.4) is 0 Å². The van der Waals surface area contributed by atoms with Crippen molar-refractivity contribution in [1.29, 1.82) is 0 Å². The smallest absolute Gasteiger partial charge is 0.124 e. The van der Waals surface area contributed by atoms with Crippen molar-refractivity contribution in [2.75, 3.05) is 11.5 Å². The highest BCUT2D eigenvalue weighted by atomic mass is 32.2. The minimum absolute atomic E-state index is 0.589. The first-order valence-electron chi connectivity index (χ1n) is 7.45. The molecule has 0 saturated heterocycles. The normalized spacial score (nSPS) is 13.0.